The number of benzene rings is 1. The van der Waals surface area contributed by atoms with Crippen molar-refractivity contribution in [2.24, 2.45) is 20.0 Å². The summed E-state index contributed by atoms with van der Waals surface area (Å²) in [6, 6.07) is 8.23. The predicted octanol–water partition coefficient (Wildman–Crippen LogP) is 2.68. The van der Waals surface area contributed by atoms with Gasteiger partial charge in [-0.15, -0.1) is 0 Å². The van der Waals surface area contributed by atoms with Crippen molar-refractivity contribution in [3.05, 3.63) is 71.1 Å². The molecule has 0 unspecified atom stereocenters. The van der Waals surface area contributed by atoms with Crippen molar-refractivity contribution >= 4 is 5.91 Å². The summed E-state index contributed by atoms with van der Waals surface area (Å²) in [4.78, 5) is 15.2. The Kier molecular flexibility index (Phi) is 6.46. The molecule has 0 spiro atoms. The van der Waals surface area contributed by atoms with Crippen LogP contribution in [0, 0.1) is 11.7 Å². The van der Waals surface area contributed by atoms with E-state index >= 15 is 0 Å². The number of hydrogen-bond donors (Lipinski definition) is 1. The molecule has 1 amide bonds. The van der Waals surface area contributed by atoms with Crippen molar-refractivity contribution in [3.8, 4) is 0 Å². The number of amides is 1. The Balaban J connectivity index is 1.31. The number of halogens is 1. The molecule has 3 aromatic rings. The van der Waals surface area contributed by atoms with Gasteiger partial charge in [-0.05, 0) is 62.0 Å². The van der Waals surface area contributed by atoms with Gasteiger partial charge in [0.05, 0.1) is 17.0 Å². The van der Waals surface area contributed by atoms with Crippen molar-refractivity contribution < 1.29 is 9.18 Å². The Bertz CT molecular complexity index is 1020. The van der Waals surface area contributed by atoms with Gasteiger partial charge in [-0.3, -0.25) is 19.1 Å². The number of nitrogens with zero attached hydrogens (tertiary/aromatic N) is 5. The molecule has 31 heavy (non-hydrogen) atoms. The van der Waals surface area contributed by atoms with Crippen molar-refractivity contribution in [1.29, 1.82) is 0 Å². The zero-order chi connectivity index (χ0) is 21.8. The van der Waals surface area contributed by atoms with Crippen molar-refractivity contribution in [1.82, 2.24) is 29.8 Å². The minimum atomic E-state index is -0.281. The second-order valence-electron chi connectivity index (χ2n) is 8.34. The van der Waals surface area contributed by atoms with Crippen LogP contribution >= 0.6 is 0 Å². The van der Waals surface area contributed by atoms with E-state index in [9.17, 15) is 9.18 Å². The van der Waals surface area contributed by atoms with E-state index in [-0.39, 0.29) is 11.7 Å². The van der Waals surface area contributed by atoms with Gasteiger partial charge in [0.25, 0.3) is 5.91 Å². The summed E-state index contributed by atoms with van der Waals surface area (Å²) in [6.07, 6.45) is 6.61. The molecular weight excluding hydrogens is 395 g/mol. The third kappa shape index (κ3) is 5.38. The van der Waals surface area contributed by atoms with E-state index in [1.54, 1.807) is 23.0 Å². The Hall–Kier alpha value is -3.00. The van der Waals surface area contributed by atoms with Gasteiger partial charge in [0, 0.05) is 39.6 Å². The quantitative estimate of drug-likeness (QED) is 0.633. The summed E-state index contributed by atoms with van der Waals surface area (Å²) < 4.78 is 16.7. The van der Waals surface area contributed by atoms with Crippen molar-refractivity contribution in [2.75, 3.05) is 13.1 Å². The number of nitrogens with one attached hydrogen (secondary N) is 1. The second-order valence-corrected chi connectivity index (χ2v) is 8.34. The molecule has 1 aliphatic heterocycles. The number of likely N-dealkylation sites (tertiary alicyclic amines) is 1. The summed E-state index contributed by atoms with van der Waals surface area (Å²) in [5, 5.41) is 11.7. The average Bonchev–Trinajstić information content (AvgIpc) is 3.33. The minimum Gasteiger partial charge on any atom is -0.348 e. The fraction of sp³-hybridized carbons (Fsp3) is 0.435. The normalized spacial score (nSPS) is 15.3. The molecule has 1 aromatic carbocycles. The lowest BCUT2D eigenvalue weighted by molar-refractivity contribution is 0.0949. The first-order valence-corrected chi connectivity index (χ1v) is 10.7. The smallest absolute Gasteiger partial charge is 0.255 e. The maximum absolute atomic E-state index is 13.1. The lowest BCUT2D eigenvalue weighted by Crippen LogP contribution is -2.34. The summed E-state index contributed by atoms with van der Waals surface area (Å²) >= 11 is 0. The first-order valence-electron chi connectivity index (χ1n) is 10.7. The molecular formula is C23H29FN6O. The zero-order valence-corrected chi connectivity index (χ0v) is 18.1. The molecule has 4 rings (SSSR count). The van der Waals surface area contributed by atoms with Gasteiger partial charge < -0.3 is 5.32 Å². The summed E-state index contributed by atoms with van der Waals surface area (Å²) in [6.45, 7) is 3.35. The highest BCUT2D eigenvalue weighted by Gasteiger charge is 2.24. The number of aryl methyl sites for hydroxylation is 2. The molecule has 2 aromatic heterocycles. The molecule has 1 N–H and O–H groups in total. The van der Waals surface area contributed by atoms with Gasteiger partial charge in [-0.1, -0.05) is 12.1 Å². The highest BCUT2D eigenvalue weighted by atomic mass is 19.1. The van der Waals surface area contributed by atoms with Crippen LogP contribution in [0.5, 0.6) is 0 Å². The third-order valence-electron chi connectivity index (χ3n) is 6.01. The summed E-state index contributed by atoms with van der Waals surface area (Å²) in [5.74, 6) is 0.0957. The highest BCUT2D eigenvalue weighted by molar-refractivity contribution is 5.95. The lowest BCUT2D eigenvalue weighted by atomic mass is 9.91. The summed E-state index contributed by atoms with van der Waals surface area (Å²) in [5.41, 5.74) is 3.57. The number of carbonyl (C=O) groups excluding carboxylic acids is 1. The van der Waals surface area contributed by atoms with Gasteiger partial charge in [-0.2, -0.15) is 10.2 Å². The molecule has 1 aliphatic rings. The second kappa shape index (κ2) is 9.43. The molecule has 3 heterocycles. The van der Waals surface area contributed by atoms with E-state index in [2.05, 4.69) is 26.5 Å². The van der Waals surface area contributed by atoms with E-state index in [0.29, 0.717) is 18.0 Å². The van der Waals surface area contributed by atoms with Crippen LogP contribution in [-0.2, 0) is 33.6 Å². The maximum atomic E-state index is 13.1. The molecule has 1 fully saturated rings. The molecule has 164 valence electrons. The Morgan fingerprint density at radius 1 is 1.16 bits per heavy atom. The number of aromatic nitrogens is 4. The van der Waals surface area contributed by atoms with Crippen molar-refractivity contribution in [2.45, 2.75) is 32.4 Å². The number of piperidine rings is 1. The number of rotatable bonds is 7. The molecule has 0 saturated carbocycles. The van der Waals surface area contributed by atoms with Crippen LogP contribution < -0.4 is 5.32 Å². The van der Waals surface area contributed by atoms with E-state index < -0.39 is 0 Å². The predicted molar refractivity (Wildman–Crippen MR) is 116 cm³/mol. The molecule has 7 nitrogen and oxygen atoms in total. The van der Waals surface area contributed by atoms with E-state index in [0.717, 1.165) is 50.2 Å². The highest BCUT2D eigenvalue weighted by Crippen LogP contribution is 2.24. The van der Waals surface area contributed by atoms with Gasteiger partial charge in [-0.25, -0.2) is 4.39 Å². The lowest BCUT2D eigenvalue weighted by Gasteiger charge is -2.31. The Labute approximate surface area is 181 Å². The van der Waals surface area contributed by atoms with Crippen LogP contribution in [0.4, 0.5) is 4.39 Å². The number of carbonyl (C=O) groups is 1. The van der Waals surface area contributed by atoms with Gasteiger partial charge in [0.15, 0.2) is 0 Å². The first kappa shape index (κ1) is 21.2. The number of hydrogen-bond acceptors (Lipinski definition) is 4. The minimum absolute atomic E-state index is 0.138. The van der Waals surface area contributed by atoms with Gasteiger partial charge in [0.1, 0.15) is 5.82 Å². The Morgan fingerprint density at radius 2 is 1.90 bits per heavy atom. The topological polar surface area (TPSA) is 68.0 Å². The Morgan fingerprint density at radius 3 is 2.58 bits per heavy atom. The standard InChI is InChI=1S/C23H29FN6O/c1-28-16-21(23(31)25-14-18-3-5-19(24)6-4-18)22(27-28)13-17-8-11-30(12-9-17)15-20-7-10-26-29(20)2/h3-7,10,16-17H,8-9,11-15H2,1-2H3,(H,25,31). The maximum Gasteiger partial charge on any atom is 0.255 e. The van der Waals surface area contributed by atoms with Crippen LogP contribution in [0.3, 0.4) is 0 Å². The van der Waals surface area contributed by atoms with E-state index in [4.69, 9.17) is 0 Å². The SMILES string of the molecule is Cn1cc(C(=O)NCc2ccc(F)cc2)c(CC2CCN(Cc3ccnn3C)CC2)n1. The van der Waals surface area contributed by atoms with E-state index in [1.807, 2.05) is 25.0 Å². The van der Waals surface area contributed by atoms with Gasteiger partial charge >= 0.3 is 0 Å². The van der Waals surface area contributed by atoms with Crippen LogP contribution in [-0.4, -0.2) is 43.5 Å². The molecule has 0 bridgehead atoms. The molecule has 0 atom stereocenters. The molecule has 1 saturated heterocycles. The molecule has 0 aliphatic carbocycles. The third-order valence-corrected chi connectivity index (χ3v) is 6.01. The molecule has 8 heteroatoms. The van der Waals surface area contributed by atoms with E-state index in [1.165, 1.54) is 17.8 Å². The first-order chi connectivity index (χ1) is 15.0. The van der Waals surface area contributed by atoms with Crippen LogP contribution in [0.15, 0.2) is 42.7 Å². The monoisotopic (exact) mass is 424 g/mol. The average molecular weight is 425 g/mol. The fourth-order valence-electron chi connectivity index (χ4n) is 4.16. The van der Waals surface area contributed by atoms with Crippen LogP contribution in [0.2, 0.25) is 0 Å². The van der Waals surface area contributed by atoms with Crippen molar-refractivity contribution in [3.63, 3.8) is 0 Å². The fourth-order valence-corrected chi connectivity index (χ4v) is 4.16. The summed E-state index contributed by atoms with van der Waals surface area (Å²) in [7, 11) is 3.82. The van der Waals surface area contributed by atoms with Crippen LogP contribution in [0.25, 0.3) is 0 Å². The molecule has 0 radical (unpaired) electrons. The zero-order valence-electron chi connectivity index (χ0n) is 18.1. The van der Waals surface area contributed by atoms with Gasteiger partial charge in [0.2, 0.25) is 0 Å². The largest absolute Gasteiger partial charge is 0.348 e. The van der Waals surface area contributed by atoms with Crippen LogP contribution in [0.1, 0.15) is 40.2 Å².